The number of methoxy groups -OCH3 is 1. The van der Waals surface area contributed by atoms with Crippen LogP contribution in [0.5, 0.6) is 0 Å². The maximum atomic E-state index is 13.1. The number of benzene rings is 1. The molecule has 2 aliphatic rings. The topological polar surface area (TPSA) is 92.7 Å². The van der Waals surface area contributed by atoms with Crippen LogP contribution in [0.25, 0.3) is 10.9 Å². The van der Waals surface area contributed by atoms with Crippen molar-refractivity contribution in [2.45, 2.75) is 19.2 Å². The summed E-state index contributed by atoms with van der Waals surface area (Å²) in [6, 6.07) is 9.70. The van der Waals surface area contributed by atoms with E-state index in [-0.39, 0.29) is 24.5 Å². The molecule has 3 aromatic rings. The number of nitrogens with zero attached hydrogens (tertiary/aromatic N) is 4. The van der Waals surface area contributed by atoms with E-state index in [1.165, 1.54) is 0 Å². The normalized spacial score (nSPS) is 19.4. The van der Waals surface area contributed by atoms with E-state index in [4.69, 9.17) is 9.47 Å². The Morgan fingerprint density at radius 2 is 2.20 bits per heavy atom. The quantitative estimate of drug-likeness (QED) is 0.703. The molecule has 0 radical (unpaired) electrons. The summed E-state index contributed by atoms with van der Waals surface area (Å²) in [7, 11) is 1.61. The van der Waals surface area contributed by atoms with Crippen LogP contribution in [0.15, 0.2) is 36.5 Å². The number of aromatic amines is 1. The van der Waals surface area contributed by atoms with E-state index in [1.54, 1.807) is 23.1 Å². The largest absolute Gasteiger partial charge is 0.382 e. The van der Waals surface area contributed by atoms with E-state index in [0.717, 1.165) is 22.3 Å². The van der Waals surface area contributed by atoms with Crippen molar-refractivity contribution in [1.82, 2.24) is 19.7 Å². The summed E-state index contributed by atoms with van der Waals surface area (Å²) in [5.74, 6) is -0.174. The number of ether oxygens (including phenoxy) is 2. The Morgan fingerprint density at radius 1 is 1.33 bits per heavy atom. The average molecular weight is 409 g/mol. The van der Waals surface area contributed by atoms with Crippen molar-refractivity contribution >= 4 is 28.4 Å². The average Bonchev–Trinajstić information content (AvgIpc) is 3.38. The number of morpholine rings is 1. The highest BCUT2D eigenvalue weighted by Crippen LogP contribution is 2.28. The monoisotopic (exact) mass is 409 g/mol. The van der Waals surface area contributed by atoms with Crippen LogP contribution >= 0.6 is 0 Å². The molecule has 4 heterocycles. The highest BCUT2D eigenvalue weighted by molar-refractivity contribution is 5.98. The SMILES string of the molecule is COC[C@@H]1CN(c2cnn3c2CN(C(=O)c2cc4ccccc4[nH]2)CC3)C(=O)CO1. The summed E-state index contributed by atoms with van der Waals surface area (Å²) in [6.07, 6.45) is 1.52. The van der Waals surface area contributed by atoms with Gasteiger partial charge in [0.2, 0.25) is 0 Å². The first kappa shape index (κ1) is 18.8. The zero-order valence-electron chi connectivity index (χ0n) is 16.7. The van der Waals surface area contributed by atoms with Crippen LogP contribution < -0.4 is 4.90 Å². The second-order valence-electron chi connectivity index (χ2n) is 7.59. The Bertz CT molecular complexity index is 1070. The summed E-state index contributed by atoms with van der Waals surface area (Å²) >= 11 is 0. The van der Waals surface area contributed by atoms with Gasteiger partial charge in [0, 0.05) is 24.6 Å². The van der Waals surface area contributed by atoms with Crippen LogP contribution in [0.2, 0.25) is 0 Å². The molecule has 156 valence electrons. The van der Waals surface area contributed by atoms with E-state index in [1.807, 2.05) is 35.0 Å². The Morgan fingerprint density at radius 3 is 3.03 bits per heavy atom. The molecule has 0 aliphatic carbocycles. The third kappa shape index (κ3) is 3.25. The van der Waals surface area contributed by atoms with E-state index in [0.29, 0.717) is 38.5 Å². The Hall–Kier alpha value is -3.17. The number of fused-ring (bicyclic) bond motifs is 2. The minimum Gasteiger partial charge on any atom is -0.382 e. The maximum Gasteiger partial charge on any atom is 0.270 e. The summed E-state index contributed by atoms with van der Waals surface area (Å²) < 4.78 is 12.6. The predicted octanol–water partition coefficient (Wildman–Crippen LogP) is 1.40. The zero-order chi connectivity index (χ0) is 20.7. The fraction of sp³-hybridized carbons (Fsp3) is 0.381. The molecule has 1 atom stereocenters. The molecule has 30 heavy (non-hydrogen) atoms. The number of carbonyl (C=O) groups is 2. The second-order valence-corrected chi connectivity index (χ2v) is 7.59. The number of rotatable bonds is 4. The number of nitrogens with one attached hydrogen (secondary N) is 1. The van der Waals surface area contributed by atoms with Crippen LogP contribution in [0.3, 0.4) is 0 Å². The lowest BCUT2D eigenvalue weighted by molar-refractivity contribution is -0.131. The predicted molar refractivity (Wildman–Crippen MR) is 109 cm³/mol. The second kappa shape index (κ2) is 7.58. The number of hydrogen-bond donors (Lipinski definition) is 1. The summed E-state index contributed by atoms with van der Waals surface area (Å²) in [4.78, 5) is 32.3. The van der Waals surface area contributed by atoms with Crippen molar-refractivity contribution in [2.24, 2.45) is 0 Å². The van der Waals surface area contributed by atoms with Crippen molar-refractivity contribution in [3.05, 3.63) is 47.9 Å². The molecule has 0 unspecified atom stereocenters. The number of hydrogen-bond acceptors (Lipinski definition) is 5. The molecule has 5 rings (SSSR count). The molecule has 2 aliphatic heterocycles. The van der Waals surface area contributed by atoms with Crippen LogP contribution in [-0.2, 0) is 27.4 Å². The van der Waals surface area contributed by atoms with E-state index >= 15 is 0 Å². The van der Waals surface area contributed by atoms with Crippen LogP contribution in [0, 0.1) is 0 Å². The first-order valence-electron chi connectivity index (χ1n) is 9.96. The molecule has 1 N–H and O–H groups in total. The Balaban J connectivity index is 1.39. The van der Waals surface area contributed by atoms with Gasteiger partial charge in [0.15, 0.2) is 0 Å². The lowest BCUT2D eigenvalue weighted by Crippen LogP contribution is -2.49. The molecule has 2 aromatic heterocycles. The first-order valence-corrected chi connectivity index (χ1v) is 9.96. The van der Waals surface area contributed by atoms with Gasteiger partial charge in [-0.1, -0.05) is 18.2 Å². The van der Waals surface area contributed by atoms with Gasteiger partial charge < -0.3 is 24.3 Å². The third-order valence-electron chi connectivity index (χ3n) is 5.67. The number of para-hydroxylation sites is 1. The summed E-state index contributed by atoms with van der Waals surface area (Å²) in [6.45, 7) is 2.37. The molecule has 1 aromatic carbocycles. The van der Waals surface area contributed by atoms with Gasteiger partial charge in [0.05, 0.1) is 49.9 Å². The molecule has 0 saturated carbocycles. The number of aromatic nitrogens is 3. The molecule has 0 spiro atoms. The highest BCUT2D eigenvalue weighted by atomic mass is 16.5. The van der Waals surface area contributed by atoms with Gasteiger partial charge in [0.1, 0.15) is 12.3 Å². The first-order chi connectivity index (χ1) is 14.6. The van der Waals surface area contributed by atoms with E-state index in [2.05, 4.69) is 10.1 Å². The number of anilines is 1. The number of H-pyrrole nitrogens is 1. The van der Waals surface area contributed by atoms with Crippen LogP contribution in [0.1, 0.15) is 16.2 Å². The minimum atomic E-state index is -0.184. The lowest BCUT2D eigenvalue weighted by Gasteiger charge is -2.34. The molecule has 1 fully saturated rings. The molecule has 1 saturated heterocycles. The van der Waals surface area contributed by atoms with Gasteiger partial charge in [-0.3, -0.25) is 14.3 Å². The lowest BCUT2D eigenvalue weighted by atomic mass is 10.2. The van der Waals surface area contributed by atoms with E-state index < -0.39 is 0 Å². The summed E-state index contributed by atoms with van der Waals surface area (Å²) in [5, 5.41) is 5.45. The Labute approximate surface area is 173 Å². The third-order valence-corrected chi connectivity index (χ3v) is 5.67. The van der Waals surface area contributed by atoms with Crippen molar-refractivity contribution in [2.75, 3.05) is 38.3 Å². The molecule has 0 bridgehead atoms. The highest BCUT2D eigenvalue weighted by Gasteiger charge is 2.33. The summed E-state index contributed by atoms with van der Waals surface area (Å²) in [5.41, 5.74) is 3.09. The fourth-order valence-corrected chi connectivity index (χ4v) is 4.13. The van der Waals surface area contributed by atoms with Gasteiger partial charge in [-0.15, -0.1) is 0 Å². The molecular weight excluding hydrogens is 386 g/mol. The van der Waals surface area contributed by atoms with Gasteiger partial charge >= 0.3 is 0 Å². The van der Waals surface area contributed by atoms with Crippen LogP contribution in [-0.4, -0.2) is 71.0 Å². The van der Waals surface area contributed by atoms with Crippen LogP contribution in [0.4, 0.5) is 5.69 Å². The van der Waals surface area contributed by atoms with Crippen molar-refractivity contribution in [3.8, 4) is 0 Å². The molecule has 9 heteroatoms. The maximum absolute atomic E-state index is 13.1. The van der Waals surface area contributed by atoms with Gasteiger partial charge in [-0.25, -0.2) is 0 Å². The van der Waals surface area contributed by atoms with Gasteiger partial charge in [0.25, 0.3) is 11.8 Å². The zero-order valence-corrected chi connectivity index (χ0v) is 16.7. The number of amides is 2. The molecule has 2 amide bonds. The van der Waals surface area contributed by atoms with Gasteiger partial charge in [-0.05, 0) is 12.1 Å². The molecular formula is C21H23N5O4. The standard InChI is InChI=1S/C21H23N5O4/c1-29-12-15-10-25(20(27)13-30-15)18-9-22-26-7-6-24(11-19(18)26)21(28)17-8-14-4-2-3-5-16(14)23-17/h2-5,8-9,15,23H,6-7,10-13H2,1H3/t15-/m0/s1. The minimum absolute atomic E-state index is 0.0103. The van der Waals surface area contributed by atoms with Crippen molar-refractivity contribution < 1.29 is 19.1 Å². The van der Waals surface area contributed by atoms with Crippen molar-refractivity contribution in [1.29, 1.82) is 0 Å². The van der Waals surface area contributed by atoms with Gasteiger partial charge in [-0.2, -0.15) is 5.10 Å². The molecule has 9 nitrogen and oxygen atoms in total. The fourth-order valence-electron chi connectivity index (χ4n) is 4.13. The van der Waals surface area contributed by atoms with Crippen molar-refractivity contribution in [3.63, 3.8) is 0 Å². The number of carbonyl (C=O) groups excluding carboxylic acids is 2. The van der Waals surface area contributed by atoms with E-state index in [9.17, 15) is 9.59 Å². The smallest absolute Gasteiger partial charge is 0.270 e. The Kier molecular flexibility index (Phi) is 4.76.